The molecule has 1 aliphatic carbocycles. The summed E-state index contributed by atoms with van der Waals surface area (Å²) >= 11 is 0. The third-order valence-corrected chi connectivity index (χ3v) is 6.02. The number of amides is 1. The van der Waals surface area contributed by atoms with Gasteiger partial charge in [-0.05, 0) is 60.9 Å². The van der Waals surface area contributed by atoms with Gasteiger partial charge >= 0.3 is 6.09 Å². The first-order chi connectivity index (χ1) is 13.6. The standard InChI is InChI=1S/C22H27N3O3/c1-27-18-9-6-15(7-10-18)14-2-4-16(5-3-14)21-13-28-22(26)25(21)17-8-11-19(23)20(24)12-17/h2-5,8,11-12,15,18,21H,6-7,9-10,13,23-24H2,1H3. The summed E-state index contributed by atoms with van der Waals surface area (Å²) in [6.45, 7) is 0.321. The zero-order valence-electron chi connectivity index (χ0n) is 16.1. The van der Waals surface area contributed by atoms with E-state index in [-0.39, 0.29) is 12.1 Å². The first-order valence-corrected chi connectivity index (χ1v) is 9.80. The molecule has 1 amide bonds. The molecular weight excluding hydrogens is 354 g/mol. The van der Waals surface area contributed by atoms with Crippen LogP contribution in [0.3, 0.4) is 0 Å². The number of ether oxygens (including phenoxy) is 2. The van der Waals surface area contributed by atoms with Crippen LogP contribution in [0.25, 0.3) is 0 Å². The Morgan fingerprint density at radius 3 is 2.29 bits per heavy atom. The highest BCUT2D eigenvalue weighted by molar-refractivity contribution is 5.92. The van der Waals surface area contributed by atoms with E-state index >= 15 is 0 Å². The topological polar surface area (TPSA) is 90.8 Å². The van der Waals surface area contributed by atoms with Gasteiger partial charge < -0.3 is 20.9 Å². The summed E-state index contributed by atoms with van der Waals surface area (Å²) in [5.74, 6) is 0.579. The van der Waals surface area contributed by atoms with E-state index in [0.717, 1.165) is 31.2 Å². The molecule has 0 aromatic heterocycles. The molecule has 4 rings (SSSR count). The highest BCUT2D eigenvalue weighted by Crippen LogP contribution is 2.37. The molecular formula is C22H27N3O3. The lowest BCUT2D eigenvalue weighted by atomic mass is 9.82. The Morgan fingerprint density at radius 1 is 0.964 bits per heavy atom. The van der Waals surface area contributed by atoms with E-state index in [1.165, 1.54) is 5.56 Å². The average molecular weight is 381 g/mol. The molecule has 1 heterocycles. The second-order valence-corrected chi connectivity index (χ2v) is 7.65. The molecule has 1 saturated heterocycles. The molecule has 2 fully saturated rings. The Labute approximate surface area is 165 Å². The fourth-order valence-electron chi connectivity index (χ4n) is 4.29. The summed E-state index contributed by atoms with van der Waals surface area (Å²) in [6.07, 6.45) is 4.56. The first kappa shape index (κ1) is 18.6. The lowest BCUT2D eigenvalue weighted by molar-refractivity contribution is 0.0658. The van der Waals surface area contributed by atoms with Gasteiger partial charge in [-0.25, -0.2) is 4.79 Å². The zero-order valence-corrected chi connectivity index (χ0v) is 16.1. The number of hydrogen-bond donors (Lipinski definition) is 2. The maximum atomic E-state index is 12.3. The Kier molecular flexibility index (Phi) is 5.13. The molecule has 6 nitrogen and oxygen atoms in total. The summed E-state index contributed by atoms with van der Waals surface area (Å²) < 4.78 is 10.8. The van der Waals surface area contributed by atoms with Crippen molar-refractivity contribution in [1.29, 1.82) is 0 Å². The first-order valence-electron chi connectivity index (χ1n) is 9.80. The molecule has 2 aromatic rings. The van der Waals surface area contributed by atoms with Crippen LogP contribution in [0.15, 0.2) is 42.5 Å². The minimum absolute atomic E-state index is 0.172. The molecule has 0 bridgehead atoms. The minimum atomic E-state index is -0.365. The summed E-state index contributed by atoms with van der Waals surface area (Å²) in [6, 6.07) is 13.7. The molecule has 2 aromatic carbocycles. The number of nitrogens with two attached hydrogens (primary N) is 2. The van der Waals surface area contributed by atoms with Gasteiger partial charge in [-0.15, -0.1) is 0 Å². The molecule has 28 heavy (non-hydrogen) atoms. The highest BCUT2D eigenvalue weighted by atomic mass is 16.6. The second kappa shape index (κ2) is 7.72. The van der Waals surface area contributed by atoms with Gasteiger partial charge in [-0.1, -0.05) is 24.3 Å². The van der Waals surface area contributed by atoms with E-state index in [1.807, 2.05) is 0 Å². The van der Waals surface area contributed by atoms with Crippen molar-refractivity contribution in [2.45, 2.75) is 43.7 Å². The van der Waals surface area contributed by atoms with Crippen LogP contribution in [-0.4, -0.2) is 25.9 Å². The van der Waals surface area contributed by atoms with Gasteiger partial charge in [0, 0.05) is 7.11 Å². The van der Waals surface area contributed by atoms with Gasteiger partial charge in [0.05, 0.1) is 29.2 Å². The number of carbonyl (C=O) groups excluding carboxylic acids is 1. The van der Waals surface area contributed by atoms with Gasteiger partial charge in [-0.3, -0.25) is 4.90 Å². The Balaban J connectivity index is 1.53. The van der Waals surface area contributed by atoms with Crippen molar-refractivity contribution >= 4 is 23.2 Å². The van der Waals surface area contributed by atoms with Crippen molar-refractivity contribution in [2.75, 3.05) is 30.1 Å². The predicted octanol–water partition coefficient (Wildman–Crippen LogP) is 4.22. The molecule has 0 spiro atoms. The quantitative estimate of drug-likeness (QED) is 0.774. The fourth-order valence-corrected chi connectivity index (χ4v) is 4.29. The van der Waals surface area contributed by atoms with Crippen LogP contribution < -0.4 is 16.4 Å². The summed E-state index contributed by atoms with van der Waals surface area (Å²) in [7, 11) is 1.80. The number of benzene rings is 2. The van der Waals surface area contributed by atoms with Gasteiger partial charge in [-0.2, -0.15) is 0 Å². The van der Waals surface area contributed by atoms with E-state index in [9.17, 15) is 4.79 Å². The third-order valence-electron chi connectivity index (χ3n) is 6.02. The number of carbonyl (C=O) groups is 1. The molecule has 2 aliphatic rings. The Hall–Kier alpha value is -2.73. The van der Waals surface area contributed by atoms with Gasteiger partial charge in [0.2, 0.25) is 0 Å². The third kappa shape index (κ3) is 3.52. The van der Waals surface area contributed by atoms with Crippen LogP contribution in [0.5, 0.6) is 0 Å². The van der Waals surface area contributed by atoms with E-state index in [4.69, 9.17) is 20.9 Å². The SMILES string of the molecule is COC1CCC(c2ccc(C3COC(=O)N3c3ccc(N)c(N)c3)cc2)CC1. The number of methoxy groups -OCH3 is 1. The number of hydrogen-bond acceptors (Lipinski definition) is 5. The average Bonchev–Trinajstić information content (AvgIpc) is 3.12. The minimum Gasteiger partial charge on any atom is -0.447 e. The van der Waals surface area contributed by atoms with Crippen LogP contribution in [0, 0.1) is 0 Å². The Bertz CT molecular complexity index is 845. The smallest absolute Gasteiger partial charge is 0.415 e. The molecule has 1 atom stereocenters. The van der Waals surface area contributed by atoms with Crippen molar-refractivity contribution in [2.24, 2.45) is 0 Å². The van der Waals surface area contributed by atoms with E-state index < -0.39 is 0 Å². The Morgan fingerprint density at radius 2 is 1.64 bits per heavy atom. The number of rotatable bonds is 4. The number of nitrogen functional groups attached to an aromatic ring is 2. The lowest BCUT2D eigenvalue weighted by Crippen LogP contribution is -2.27. The van der Waals surface area contributed by atoms with Crippen molar-refractivity contribution in [1.82, 2.24) is 0 Å². The fraction of sp³-hybridized carbons (Fsp3) is 0.409. The zero-order chi connectivity index (χ0) is 19.7. The second-order valence-electron chi connectivity index (χ2n) is 7.65. The normalized spacial score (nSPS) is 25.0. The molecule has 1 aliphatic heterocycles. The highest BCUT2D eigenvalue weighted by Gasteiger charge is 2.35. The molecule has 1 unspecified atom stereocenters. The van der Waals surface area contributed by atoms with E-state index in [0.29, 0.717) is 35.7 Å². The maximum Gasteiger partial charge on any atom is 0.415 e. The number of nitrogens with zero attached hydrogens (tertiary/aromatic N) is 1. The van der Waals surface area contributed by atoms with Gasteiger partial charge in [0.1, 0.15) is 6.61 Å². The number of cyclic esters (lactones) is 1. The van der Waals surface area contributed by atoms with Gasteiger partial charge in [0.25, 0.3) is 0 Å². The summed E-state index contributed by atoms with van der Waals surface area (Å²) in [5.41, 5.74) is 15.8. The van der Waals surface area contributed by atoms with E-state index in [1.54, 1.807) is 30.2 Å². The molecule has 6 heteroatoms. The largest absolute Gasteiger partial charge is 0.447 e. The van der Waals surface area contributed by atoms with Crippen LogP contribution in [0.4, 0.5) is 21.9 Å². The van der Waals surface area contributed by atoms with Crippen molar-refractivity contribution < 1.29 is 14.3 Å². The van der Waals surface area contributed by atoms with Crippen molar-refractivity contribution in [3.63, 3.8) is 0 Å². The van der Waals surface area contributed by atoms with Gasteiger partial charge in [0.15, 0.2) is 0 Å². The molecule has 1 saturated carbocycles. The molecule has 148 valence electrons. The van der Waals surface area contributed by atoms with Crippen LogP contribution in [-0.2, 0) is 9.47 Å². The van der Waals surface area contributed by atoms with Crippen LogP contribution in [0.1, 0.15) is 48.8 Å². The summed E-state index contributed by atoms with van der Waals surface area (Å²) in [5, 5.41) is 0. The van der Waals surface area contributed by atoms with Crippen LogP contribution in [0.2, 0.25) is 0 Å². The monoisotopic (exact) mass is 381 g/mol. The van der Waals surface area contributed by atoms with Crippen molar-refractivity contribution in [3.05, 3.63) is 53.6 Å². The lowest BCUT2D eigenvalue weighted by Gasteiger charge is -2.28. The maximum absolute atomic E-state index is 12.3. The molecule has 4 N–H and O–H groups in total. The summed E-state index contributed by atoms with van der Waals surface area (Å²) in [4.78, 5) is 14.0. The van der Waals surface area contributed by atoms with Crippen LogP contribution >= 0.6 is 0 Å². The molecule has 0 radical (unpaired) electrons. The van der Waals surface area contributed by atoms with Crippen molar-refractivity contribution in [3.8, 4) is 0 Å². The number of anilines is 3. The van der Waals surface area contributed by atoms with E-state index in [2.05, 4.69) is 24.3 Å². The predicted molar refractivity (Wildman–Crippen MR) is 110 cm³/mol.